The Morgan fingerprint density at radius 3 is 2.43 bits per heavy atom. The number of aliphatic carboxylic acids is 1. The molecule has 1 heterocycles. The van der Waals surface area contributed by atoms with Crippen LogP contribution in [0.15, 0.2) is 24.3 Å². The van der Waals surface area contributed by atoms with Crippen LogP contribution in [0.3, 0.4) is 0 Å². The number of carboxylic acids is 1. The molecule has 0 aliphatic carbocycles. The van der Waals surface area contributed by atoms with Crippen LogP contribution in [0.5, 0.6) is 0 Å². The summed E-state index contributed by atoms with van der Waals surface area (Å²) >= 11 is 0. The molecule has 1 aromatic carbocycles. The second-order valence-electron chi connectivity index (χ2n) is 5.14. The van der Waals surface area contributed by atoms with Crippen molar-refractivity contribution in [2.45, 2.75) is 43.7 Å². The van der Waals surface area contributed by atoms with Crippen LogP contribution in [0.4, 0.5) is 13.2 Å². The lowest BCUT2D eigenvalue weighted by Crippen LogP contribution is -2.39. The Kier molecular flexibility index (Phi) is 4.53. The van der Waals surface area contributed by atoms with E-state index in [2.05, 4.69) is 0 Å². The van der Waals surface area contributed by atoms with Crippen LogP contribution in [-0.2, 0) is 15.7 Å². The van der Waals surface area contributed by atoms with Crippen molar-refractivity contribution in [2.24, 2.45) is 5.73 Å². The molecular weight excluding hydrogens is 287 g/mol. The predicted molar refractivity (Wildman–Crippen MR) is 68.5 cm³/mol. The van der Waals surface area contributed by atoms with Gasteiger partial charge in [0.2, 0.25) is 0 Å². The summed E-state index contributed by atoms with van der Waals surface area (Å²) in [5, 5.41) is 8.78. The van der Waals surface area contributed by atoms with E-state index in [1.54, 1.807) is 0 Å². The topological polar surface area (TPSA) is 72.6 Å². The van der Waals surface area contributed by atoms with Gasteiger partial charge in [0.05, 0.1) is 24.2 Å². The van der Waals surface area contributed by atoms with Crippen molar-refractivity contribution in [3.05, 3.63) is 35.4 Å². The molecule has 116 valence electrons. The van der Waals surface area contributed by atoms with E-state index >= 15 is 0 Å². The number of rotatable bonds is 3. The van der Waals surface area contributed by atoms with Crippen LogP contribution in [0.25, 0.3) is 0 Å². The molecule has 0 radical (unpaired) electrons. The largest absolute Gasteiger partial charge is 0.481 e. The molecule has 3 unspecified atom stereocenters. The van der Waals surface area contributed by atoms with E-state index < -0.39 is 29.9 Å². The second kappa shape index (κ2) is 6.03. The number of alkyl halides is 3. The highest BCUT2D eigenvalue weighted by Gasteiger charge is 2.33. The van der Waals surface area contributed by atoms with Gasteiger partial charge in [-0.15, -0.1) is 0 Å². The Balaban J connectivity index is 2.13. The van der Waals surface area contributed by atoms with Gasteiger partial charge in [-0.3, -0.25) is 4.79 Å². The molecule has 0 aromatic heterocycles. The number of hydrogen-bond acceptors (Lipinski definition) is 3. The van der Waals surface area contributed by atoms with Gasteiger partial charge in [0, 0.05) is 6.04 Å². The lowest BCUT2D eigenvalue weighted by molar-refractivity contribution is -0.144. The minimum absolute atomic E-state index is 0.135. The minimum atomic E-state index is -4.39. The molecule has 1 aliphatic rings. The van der Waals surface area contributed by atoms with Crippen molar-refractivity contribution in [1.82, 2.24) is 0 Å². The molecule has 1 saturated heterocycles. The summed E-state index contributed by atoms with van der Waals surface area (Å²) in [7, 11) is 0. The fourth-order valence-corrected chi connectivity index (χ4v) is 2.44. The fraction of sp³-hybridized carbons (Fsp3) is 0.500. The Morgan fingerprint density at radius 2 is 1.90 bits per heavy atom. The Labute approximate surface area is 119 Å². The van der Waals surface area contributed by atoms with Crippen molar-refractivity contribution in [3.8, 4) is 0 Å². The summed E-state index contributed by atoms with van der Waals surface area (Å²) in [6.07, 6.45) is -4.46. The third kappa shape index (κ3) is 3.95. The zero-order valence-electron chi connectivity index (χ0n) is 11.1. The number of ether oxygens (including phenoxy) is 1. The van der Waals surface area contributed by atoms with Crippen molar-refractivity contribution in [1.29, 1.82) is 0 Å². The first-order chi connectivity index (χ1) is 9.77. The maximum absolute atomic E-state index is 12.5. The fourth-order valence-electron chi connectivity index (χ4n) is 2.44. The molecule has 0 saturated carbocycles. The summed E-state index contributed by atoms with van der Waals surface area (Å²) in [4.78, 5) is 10.7. The summed E-state index contributed by atoms with van der Waals surface area (Å²) in [6, 6.07) is 4.26. The standard InChI is InChI=1S/C14H16F3NO3/c15-14(16,17)9-3-1-8(2-4-9)13-11(18)6-5-10(21-13)7-12(19)20/h1-4,10-11,13H,5-7,18H2,(H,19,20). The SMILES string of the molecule is NC1CCC(CC(=O)O)OC1c1ccc(C(F)(F)F)cc1. The number of carboxylic acid groups (broad SMARTS) is 1. The normalized spacial score (nSPS) is 26.6. The van der Waals surface area contributed by atoms with Gasteiger partial charge in [-0.05, 0) is 30.5 Å². The van der Waals surface area contributed by atoms with Gasteiger partial charge in [-0.1, -0.05) is 12.1 Å². The molecule has 3 atom stereocenters. The highest BCUT2D eigenvalue weighted by Crippen LogP contribution is 2.34. The number of hydrogen-bond donors (Lipinski definition) is 2. The third-order valence-corrected chi connectivity index (χ3v) is 3.52. The Morgan fingerprint density at radius 1 is 1.29 bits per heavy atom. The number of benzene rings is 1. The van der Waals surface area contributed by atoms with Crippen molar-refractivity contribution in [3.63, 3.8) is 0 Å². The van der Waals surface area contributed by atoms with Gasteiger partial charge in [-0.25, -0.2) is 0 Å². The van der Waals surface area contributed by atoms with E-state index in [0.717, 1.165) is 12.1 Å². The van der Waals surface area contributed by atoms with Crippen LogP contribution in [0.2, 0.25) is 0 Å². The first-order valence-electron chi connectivity index (χ1n) is 6.57. The monoisotopic (exact) mass is 303 g/mol. The van der Waals surface area contributed by atoms with Crippen LogP contribution in [-0.4, -0.2) is 23.2 Å². The quantitative estimate of drug-likeness (QED) is 0.900. The van der Waals surface area contributed by atoms with E-state index in [4.69, 9.17) is 15.6 Å². The van der Waals surface area contributed by atoms with Gasteiger partial charge in [0.1, 0.15) is 0 Å². The first kappa shape index (κ1) is 15.8. The molecule has 21 heavy (non-hydrogen) atoms. The van der Waals surface area contributed by atoms with E-state index in [1.165, 1.54) is 12.1 Å². The summed E-state index contributed by atoms with van der Waals surface area (Å²) in [5.74, 6) is -0.971. The molecule has 2 rings (SSSR count). The van der Waals surface area contributed by atoms with Crippen LogP contribution in [0, 0.1) is 0 Å². The highest BCUT2D eigenvalue weighted by molar-refractivity contribution is 5.67. The van der Waals surface area contributed by atoms with E-state index in [9.17, 15) is 18.0 Å². The molecule has 1 aliphatic heterocycles. The Hall–Kier alpha value is -1.60. The molecule has 0 spiro atoms. The summed E-state index contributed by atoms with van der Waals surface area (Å²) in [5.41, 5.74) is 5.73. The average molecular weight is 303 g/mol. The summed E-state index contributed by atoms with van der Waals surface area (Å²) in [6.45, 7) is 0. The zero-order valence-corrected chi connectivity index (χ0v) is 11.1. The molecule has 7 heteroatoms. The minimum Gasteiger partial charge on any atom is -0.481 e. The van der Waals surface area contributed by atoms with Gasteiger partial charge >= 0.3 is 12.1 Å². The van der Waals surface area contributed by atoms with Gasteiger partial charge in [0.15, 0.2) is 0 Å². The van der Waals surface area contributed by atoms with Gasteiger partial charge < -0.3 is 15.6 Å². The molecule has 0 amide bonds. The number of carbonyl (C=O) groups is 1. The average Bonchev–Trinajstić information content (AvgIpc) is 2.39. The van der Waals surface area contributed by atoms with Crippen molar-refractivity contribution >= 4 is 5.97 Å². The van der Waals surface area contributed by atoms with E-state index in [0.29, 0.717) is 18.4 Å². The second-order valence-corrected chi connectivity index (χ2v) is 5.14. The van der Waals surface area contributed by atoms with E-state index in [-0.39, 0.29) is 12.5 Å². The first-order valence-corrected chi connectivity index (χ1v) is 6.57. The Bertz CT molecular complexity index is 501. The van der Waals surface area contributed by atoms with Gasteiger partial charge in [0.25, 0.3) is 0 Å². The zero-order chi connectivity index (χ0) is 15.6. The van der Waals surface area contributed by atoms with Crippen LogP contribution < -0.4 is 5.73 Å². The predicted octanol–water partition coefficient (Wildman–Crippen LogP) is 2.73. The maximum Gasteiger partial charge on any atom is 0.416 e. The van der Waals surface area contributed by atoms with Crippen molar-refractivity contribution in [2.75, 3.05) is 0 Å². The van der Waals surface area contributed by atoms with Crippen LogP contribution in [0.1, 0.15) is 36.5 Å². The van der Waals surface area contributed by atoms with Gasteiger partial charge in [-0.2, -0.15) is 13.2 Å². The molecule has 1 fully saturated rings. The summed E-state index contributed by atoms with van der Waals surface area (Å²) < 4.78 is 43.2. The van der Waals surface area contributed by atoms with Crippen molar-refractivity contribution < 1.29 is 27.8 Å². The molecule has 4 nitrogen and oxygen atoms in total. The molecular formula is C14H16F3NO3. The molecule has 0 bridgehead atoms. The number of nitrogens with two attached hydrogens (primary N) is 1. The van der Waals surface area contributed by atoms with Crippen LogP contribution >= 0.6 is 0 Å². The number of halogens is 3. The third-order valence-electron chi connectivity index (χ3n) is 3.52. The smallest absolute Gasteiger partial charge is 0.416 e. The highest BCUT2D eigenvalue weighted by atomic mass is 19.4. The maximum atomic E-state index is 12.5. The molecule has 3 N–H and O–H groups in total. The van der Waals surface area contributed by atoms with E-state index in [1.807, 2.05) is 0 Å². The lowest BCUT2D eigenvalue weighted by Gasteiger charge is -2.34. The lowest BCUT2D eigenvalue weighted by atomic mass is 9.92. The molecule has 1 aromatic rings.